The first-order valence-corrected chi connectivity index (χ1v) is 12.1. The predicted molar refractivity (Wildman–Crippen MR) is 127 cm³/mol. The maximum absolute atomic E-state index is 13.1. The molecule has 1 N–H and O–H groups in total. The lowest BCUT2D eigenvalue weighted by atomic mass is 9.79. The molecular weight excluding hydrogens is 414 g/mol. The van der Waals surface area contributed by atoms with Crippen LogP contribution in [-0.2, 0) is 20.7 Å². The minimum atomic E-state index is -0.289. The zero-order valence-electron chi connectivity index (χ0n) is 19.1. The smallest absolute Gasteiger partial charge is 0.323 e. The van der Waals surface area contributed by atoms with E-state index in [1.54, 1.807) is 0 Å². The Morgan fingerprint density at radius 3 is 2.52 bits per heavy atom. The van der Waals surface area contributed by atoms with Crippen molar-refractivity contribution in [3.8, 4) is 0 Å². The molecule has 3 aliphatic heterocycles. The Kier molecular flexibility index (Phi) is 5.45. The van der Waals surface area contributed by atoms with Crippen LogP contribution in [0.1, 0.15) is 41.7 Å². The van der Waals surface area contributed by atoms with Crippen molar-refractivity contribution in [3.05, 3.63) is 71.4 Å². The Bertz CT molecular complexity index is 1140. The number of nitrogens with one attached hydrogen (secondary N) is 1. The molecule has 0 saturated carbocycles. The van der Waals surface area contributed by atoms with Gasteiger partial charge in [0.15, 0.2) is 0 Å². The lowest BCUT2D eigenvalue weighted by Gasteiger charge is -2.52. The third kappa shape index (κ3) is 3.57. The van der Waals surface area contributed by atoms with Gasteiger partial charge in [0.05, 0.1) is 26.4 Å². The van der Waals surface area contributed by atoms with Crippen molar-refractivity contribution < 1.29 is 14.3 Å². The summed E-state index contributed by atoms with van der Waals surface area (Å²) in [6, 6.07) is 19.6. The molecular formula is C27H31N3O3. The van der Waals surface area contributed by atoms with E-state index in [4.69, 9.17) is 9.47 Å². The number of aromatic amines is 1. The number of para-hydroxylation sites is 1. The van der Waals surface area contributed by atoms with Gasteiger partial charge in [-0.1, -0.05) is 48.5 Å². The van der Waals surface area contributed by atoms with Crippen molar-refractivity contribution in [3.63, 3.8) is 0 Å². The van der Waals surface area contributed by atoms with Gasteiger partial charge in [0, 0.05) is 48.2 Å². The van der Waals surface area contributed by atoms with E-state index in [9.17, 15) is 4.79 Å². The second-order valence-corrected chi connectivity index (χ2v) is 9.47. The third-order valence-electron chi connectivity index (χ3n) is 7.87. The van der Waals surface area contributed by atoms with Gasteiger partial charge in [-0.05, 0) is 30.0 Å². The van der Waals surface area contributed by atoms with E-state index in [1.165, 1.54) is 29.3 Å². The van der Waals surface area contributed by atoms with Crippen molar-refractivity contribution >= 4 is 16.9 Å². The summed E-state index contributed by atoms with van der Waals surface area (Å²) in [6.45, 7) is 3.53. The average Bonchev–Trinajstić information content (AvgIpc) is 3.27. The number of carbonyl (C=O) groups is 1. The predicted octanol–water partition coefficient (Wildman–Crippen LogP) is 3.84. The van der Waals surface area contributed by atoms with Crippen LogP contribution in [0.5, 0.6) is 0 Å². The maximum atomic E-state index is 13.1. The Hall–Kier alpha value is -2.67. The number of fused-ring (bicyclic) bond motifs is 5. The van der Waals surface area contributed by atoms with Gasteiger partial charge in [-0.25, -0.2) is 0 Å². The Labute approximate surface area is 194 Å². The minimum Gasteiger partial charge on any atom is -0.468 e. The van der Waals surface area contributed by atoms with Crippen LogP contribution in [0.15, 0.2) is 54.6 Å². The number of rotatable bonds is 3. The maximum Gasteiger partial charge on any atom is 0.323 e. The molecule has 0 unspecified atom stereocenters. The lowest BCUT2D eigenvalue weighted by molar-refractivity contribution is -0.153. The van der Waals surface area contributed by atoms with Crippen LogP contribution in [-0.4, -0.2) is 66.2 Å². The molecule has 6 heteroatoms. The number of hydrogen-bond donors (Lipinski definition) is 1. The standard InChI is InChI=1S/C27H31N3O3/c1-32-27(31)25-17-21-20-9-5-6-10-22(20)28-26(21)24-16-19(29-11-13-33-14-12-29)15-23(30(24)25)18-7-3-2-4-8-18/h2-10,19,23-25,28H,11-17H2,1H3/t19-,23+,24-,25+/m1/s1. The summed E-state index contributed by atoms with van der Waals surface area (Å²) in [5, 5.41) is 1.23. The molecule has 0 bridgehead atoms. The summed E-state index contributed by atoms with van der Waals surface area (Å²) in [5.74, 6) is -0.137. The van der Waals surface area contributed by atoms with Gasteiger partial charge < -0.3 is 14.5 Å². The summed E-state index contributed by atoms with van der Waals surface area (Å²) >= 11 is 0. The van der Waals surface area contributed by atoms with Gasteiger partial charge in [0.25, 0.3) is 0 Å². The van der Waals surface area contributed by atoms with E-state index in [0.29, 0.717) is 12.5 Å². The molecule has 4 atom stereocenters. The topological polar surface area (TPSA) is 57.8 Å². The molecule has 4 heterocycles. The number of nitrogens with zero attached hydrogens (tertiary/aromatic N) is 2. The van der Waals surface area contributed by atoms with Crippen LogP contribution < -0.4 is 0 Å². The van der Waals surface area contributed by atoms with Gasteiger partial charge in [-0.15, -0.1) is 0 Å². The molecule has 0 amide bonds. The Morgan fingerprint density at radius 1 is 1.00 bits per heavy atom. The van der Waals surface area contributed by atoms with E-state index in [0.717, 1.165) is 44.7 Å². The molecule has 1 aromatic heterocycles. The molecule has 2 aromatic carbocycles. The molecule has 33 heavy (non-hydrogen) atoms. The Balaban J connectivity index is 1.49. The van der Waals surface area contributed by atoms with E-state index >= 15 is 0 Å². The van der Waals surface area contributed by atoms with Crippen molar-refractivity contribution in [2.45, 2.75) is 43.4 Å². The number of hydrogen-bond acceptors (Lipinski definition) is 5. The number of piperidine rings is 1. The highest BCUT2D eigenvalue weighted by Gasteiger charge is 2.49. The highest BCUT2D eigenvalue weighted by molar-refractivity contribution is 5.87. The van der Waals surface area contributed by atoms with Crippen molar-refractivity contribution in [2.75, 3.05) is 33.4 Å². The number of esters is 1. The fraction of sp³-hybridized carbons (Fsp3) is 0.444. The first-order valence-electron chi connectivity index (χ1n) is 12.1. The van der Waals surface area contributed by atoms with Gasteiger partial charge in [-0.3, -0.25) is 14.6 Å². The highest BCUT2D eigenvalue weighted by atomic mass is 16.5. The van der Waals surface area contributed by atoms with Gasteiger partial charge >= 0.3 is 5.97 Å². The molecule has 0 spiro atoms. The largest absolute Gasteiger partial charge is 0.468 e. The van der Waals surface area contributed by atoms with Gasteiger partial charge in [0.2, 0.25) is 0 Å². The number of carbonyl (C=O) groups excluding carboxylic acids is 1. The fourth-order valence-electron chi connectivity index (χ4n) is 6.36. The summed E-state index contributed by atoms with van der Waals surface area (Å²) in [7, 11) is 1.51. The van der Waals surface area contributed by atoms with Gasteiger partial charge in [-0.2, -0.15) is 0 Å². The van der Waals surface area contributed by atoms with Crippen LogP contribution in [0.3, 0.4) is 0 Å². The molecule has 0 radical (unpaired) electrons. The second-order valence-electron chi connectivity index (χ2n) is 9.47. The average molecular weight is 446 g/mol. The lowest BCUT2D eigenvalue weighted by Crippen LogP contribution is -2.57. The molecule has 2 saturated heterocycles. The fourth-order valence-corrected chi connectivity index (χ4v) is 6.36. The first kappa shape index (κ1) is 20.9. The summed E-state index contributed by atoms with van der Waals surface area (Å²) in [4.78, 5) is 22.0. The molecule has 2 fully saturated rings. The van der Waals surface area contributed by atoms with Crippen molar-refractivity contribution in [1.82, 2.24) is 14.8 Å². The van der Waals surface area contributed by atoms with Crippen LogP contribution in [0.4, 0.5) is 0 Å². The SMILES string of the molecule is COC(=O)[C@@H]1Cc2c([nH]c3ccccc23)[C@H]2C[C@H](N3CCOCC3)C[C@@H](c3ccccc3)N21. The van der Waals surface area contributed by atoms with Crippen molar-refractivity contribution in [2.24, 2.45) is 0 Å². The van der Waals surface area contributed by atoms with Gasteiger partial charge in [0.1, 0.15) is 6.04 Å². The van der Waals surface area contributed by atoms with E-state index in [-0.39, 0.29) is 24.1 Å². The molecule has 6 rings (SSSR count). The van der Waals surface area contributed by atoms with E-state index in [1.807, 2.05) is 0 Å². The number of morpholine rings is 1. The molecule has 6 nitrogen and oxygen atoms in total. The minimum absolute atomic E-state index is 0.136. The first-order chi connectivity index (χ1) is 16.2. The third-order valence-corrected chi connectivity index (χ3v) is 7.87. The summed E-state index contributed by atoms with van der Waals surface area (Å²) in [6.07, 6.45) is 2.67. The Morgan fingerprint density at radius 2 is 1.73 bits per heavy atom. The van der Waals surface area contributed by atoms with Crippen LogP contribution in [0.2, 0.25) is 0 Å². The monoisotopic (exact) mass is 445 g/mol. The summed E-state index contributed by atoms with van der Waals surface area (Å²) in [5.41, 5.74) is 4.97. The molecule has 0 aliphatic carbocycles. The van der Waals surface area contributed by atoms with Crippen LogP contribution in [0.25, 0.3) is 10.9 Å². The van der Waals surface area contributed by atoms with E-state index < -0.39 is 0 Å². The number of ether oxygens (including phenoxy) is 2. The summed E-state index contributed by atoms with van der Waals surface area (Å²) < 4.78 is 11.0. The number of methoxy groups -OCH3 is 1. The van der Waals surface area contributed by atoms with Crippen LogP contribution >= 0.6 is 0 Å². The normalized spacial score (nSPS) is 28.3. The van der Waals surface area contributed by atoms with Crippen molar-refractivity contribution in [1.29, 1.82) is 0 Å². The zero-order valence-corrected chi connectivity index (χ0v) is 19.1. The zero-order chi connectivity index (χ0) is 22.4. The number of aromatic nitrogens is 1. The molecule has 3 aromatic rings. The van der Waals surface area contributed by atoms with Crippen LogP contribution in [0, 0.1) is 0 Å². The quantitative estimate of drug-likeness (QED) is 0.621. The molecule has 172 valence electrons. The molecule has 3 aliphatic rings. The number of benzene rings is 2. The highest BCUT2D eigenvalue weighted by Crippen LogP contribution is 2.49. The second kappa shape index (κ2) is 8.60. The van der Waals surface area contributed by atoms with E-state index in [2.05, 4.69) is 69.4 Å². The number of H-pyrrole nitrogens is 1.